The van der Waals surface area contributed by atoms with Gasteiger partial charge in [0, 0.05) is 0 Å². The second kappa shape index (κ2) is 5.31. The first-order valence-corrected chi connectivity index (χ1v) is 3.26. The van der Waals surface area contributed by atoms with Gasteiger partial charge in [-0.15, -0.1) is 0 Å². The van der Waals surface area contributed by atoms with Crippen LogP contribution in [0, 0.1) is 11.3 Å². The minimum absolute atomic E-state index is 0.224. The zero-order chi connectivity index (χ0) is 8.69. The summed E-state index contributed by atoms with van der Waals surface area (Å²) in [5, 5.41) is 17.1. The topological polar surface area (TPSA) is 44.0 Å². The van der Waals surface area contributed by atoms with Crippen LogP contribution in [0.5, 0.6) is 0 Å². The molecule has 58 valence electrons. The van der Waals surface area contributed by atoms with Gasteiger partial charge in [0.2, 0.25) is 0 Å². The van der Waals surface area contributed by atoms with Crippen molar-refractivity contribution in [2.75, 3.05) is 0 Å². The van der Waals surface area contributed by atoms with E-state index in [0.717, 1.165) is 5.57 Å². The van der Waals surface area contributed by atoms with Crippen molar-refractivity contribution in [3.8, 4) is 6.07 Å². The summed E-state index contributed by atoms with van der Waals surface area (Å²) in [6.45, 7) is 5.10. The van der Waals surface area contributed by atoms with E-state index in [4.69, 9.17) is 10.4 Å². The van der Waals surface area contributed by atoms with Crippen LogP contribution >= 0.6 is 0 Å². The summed E-state index contributed by atoms with van der Waals surface area (Å²) < 4.78 is 0. The van der Waals surface area contributed by atoms with E-state index < -0.39 is 0 Å². The first-order chi connectivity index (χ1) is 5.20. The molecule has 0 aliphatic carbocycles. The first kappa shape index (κ1) is 9.51. The quantitative estimate of drug-likeness (QED) is 0.494. The van der Waals surface area contributed by atoms with Gasteiger partial charge in [0.1, 0.15) is 0 Å². The van der Waals surface area contributed by atoms with Crippen LogP contribution in [-0.2, 0) is 0 Å². The molecule has 11 heavy (non-hydrogen) atoms. The van der Waals surface area contributed by atoms with Gasteiger partial charge in [-0.1, -0.05) is 18.7 Å². The maximum Gasteiger partial charge on any atom is 0.0891 e. The second-order valence-corrected chi connectivity index (χ2v) is 2.09. The summed E-state index contributed by atoms with van der Waals surface area (Å²) in [6.07, 6.45) is 5.13. The molecule has 0 saturated heterocycles. The van der Waals surface area contributed by atoms with Crippen molar-refractivity contribution in [1.29, 1.82) is 5.26 Å². The number of hydrogen-bond donors (Lipinski definition) is 1. The highest BCUT2D eigenvalue weighted by Gasteiger charge is 1.86. The molecule has 0 bridgehead atoms. The zero-order valence-electron chi connectivity index (χ0n) is 6.54. The van der Waals surface area contributed by atoms with Gasteiger partial charge in [0.25, 0.3) is 0 Å². The standard InChI is InChI=1S/C9H11NO/c1-3-9(6-7-10)5-4-8(2)11/h3-5,11H,1,6H2,2H3/b8-4+,9-5+. The number of nitrogens with zero attached hydrogens (tertiary/aromatic N) is 1. The van der Waals surface area contributed by atoms with Gasteiger partial charge in [-0.2, -0.15) is 5.26 Å². The number of rotatable bonds is 3. The van der Waals surface area contributed by atoms with E-state index in [1.165, 1.54) is 6.08 Å². The van der Waals surface area contributed by atoms with Gasteiger partial charge in [0.15, 0.2) is 0 Å². The molecule has 0 radical (unpaired) electrons. The Bertz CT molecular complexity index is 226. The molecule has 0 atom stereocenters. The molecule has 0 aliphatic heterocycles. The van der Waals surface area contributed by atoms with Crippen LogP contribution in [0.25, 0.3) is 0 Å². The molecule has 0 amide bonds. The molecular formula is C9H11NO. The Morgan fingerprint density at radius 2 is 2.27 bits per heavy atom. The molecule has 0 unspecified atom stereocenters. The molecule has 0 heterocycles. The number of allylic oxidation sites excluding steroid dienone is 5. The maximum atomic E-state index is 8.76. The van der Waals surface area contributed by atoms with Crippen LogP contribution in [0.2, 0.25) is 0 Å². The molecule has 0 saturated carbocycles. The van der Waals surface area contributed by atoms with Crippen LogP contribution in [-0.4, -0.2) is 5.11 Å². The zero-order valence-corrected chi connectivity index (χ0v) is 6.54. The van der Waals surface area contributed by atoms with Gasteiger partial charge in [-0.25, -0.2) is 0 Å². The highest BCUT2D eigenvalue weighted by Crippen LogP contribution is 2.01. The third-order valence-corrected chi connectivity index (χ3v) is 1.08. The van der Waals surface area contributed by atoms with Gasteiger partial charge in [-0.05, 0) is 18.6 Å². The molecule has 2 nitrogen and oxygen atoms in total. The van der Waals surface area contributed by atoms with E-state index >= 15 is 0 Å². The van der Waals surface area contributed by atoms with E-state index in [1.54, 1.807) is 19.1 Å². The lowest BCUT2D eigenvalue weighted by Crippen LogP contribution is -1.74. The van der Waals surface area contributed by atoms with E-state index in [-0.39, 0.29) is 5.76 Å². The Morgan fingerprint density at radius 1 is 1.64 bits per heavy atom. The van der Waals surface area contributed by atoms with E-state index in [1.807, 2.05) is 6.07 Å². The van der Waals surface area contributed by atoms with Crippen molar-refractivity contribution >= 4 is 0 Å². The van der Waals surface area contributed by atoms with Crippen molar-refractivity contribution in [2.45, 2.75) is 13.3 Å². The summed E-state index contributed by atoms with van der Waals surface area (Å²) in [7, 11) is 0. The summed E-state index contributed by atoms with van der Waals surface area (Å²) in [5.41, 5.74) is 0.806. The number of hydrogen-bond acceptors (Lipinski definition) is 2. The largest absolute Gasteiger partial charge is 0.513 e. The van der Waals surface area contributed by atoms with Crippen molar-refractivity contribution in [3.05, 3.63) is 36.1 Å². The van der Waals surface area contributed by atoms with Crippen LogP contribution in [0.1, 0.15) is 13.3 Å². The predicted molar refractivity (Wildman–Crippen MR) is 44.9 cm³/mol. The number of nitriles is 1. The van der Waals surface area contributed by atoms with Crippen LogP contribution in [0.3, 0.4) is 0 Å². The van der Waals surface area contributed by atoms with Crippen LogP contribution in [0.4, 0.5) is 0 Å². The van der Waals surface area contributed by atoms with Crippen LogP contribution in [0.15, 0.2) is 36.1 Å². The van der Waals surface area contributed by atoms with Gasteiger partial charge < -0.3 is 5.11 Å². The molecular weight excluding hydrogens is 138 g/mol. The minimum Gasteiger partial charge on any atom is -0.513 e. The first-order valence-electron chi connectivity index (χ1n) is 3.26. The third-order valence-electron chi connectivity index (χ3n) is 1.08. The molecule has 0 spiro atoms. The van der Waals surface area contributed by atoms with E-state index in [9.17, 15) is 0 Å². The fourth-order valence-corrected chi connectivity index (χ4v) is 0.518. The highest BCUT2D eigenvalue weighted by atomic mass is 16.3. The Balaban J connectivity index is 4.26. The van der Waals surface area contributed by atoms with Gasteiger partial charge in [-0.3, -0.25) is 0 Å². The normalized spacial score (nSPS) is 12.4. The summed E-state index contributed by atoms with van der Waals surface area (Å²) in [5.74, 6) is 0.224. The molecule has 0 aromatic heterocycles. The number of aliphatic hydroxyl groups excluding tert-OH is 1. The highest BCUT2D eigenvalue weighted by molar-refractivity contribution is 5.25. The maximum absolute atomic E-state index is 8.76. The Hall–Kier alpha value is -1.49. The molecule has 0 aromatic carbocycles. The Kier molecular flexibility index (Phi) is 4.59. The molecule has 0 aromatic rings. The van der Waals surface area contributed by atoms with Crippen molar-refractivity contribution < 1.29 is 5.11 Å². The molecule has 0 rings (SSSR count). The van der Waals surface area contributed by atoms with Crippen molar-refractivity contribution in [3.63, 3.8) is 0 Å². The van der Waals surface area contributed by atoms with E-state index in [0.29, 0.717) is 6.42 Å². The smallest absolute Gasteiger partial charge is 0.0891 e. The lowest BCUT2D eigenvalue weighted by molar-refractivity contribution is 0.414. The Labute approximate surface area is 66.8 Å². The molecule has 2 heteroatoms. The Morgan fingerprint density at radius 3 is 2.64 bits per heavy atom. The van der Waals surface area contributed by atoms with Crippen LogP contribution < -0.4 is 0 Å². The van der Waals surface area contributed by atoms with Crippen molar-refractivity contribution in [2.24, 2.45) is 0 Å². The lowest BCUT2D eigenvalue weighted by atomic mass is 10.2. The average molecular weight is 149 g/mol. The minimum atomic E-state index is 0.224. The second-order valence-electron chi connectivity index (χ2n) is 2.09. The third kappa shape index (κ3) is 4.98. The number of aliphatic hydroxyl groups is 1. The van der Waals surface area contributed by atoms with E-state index in [2.05, 4.69) is 6.58 Å². The summed E-state index contributed by atoms with van der Waals surface area (Å²) in [6, 6.07) is 1.99. The monoisotopic (exact) mass is 149 g/mol. The summed E-state index contributed by atoms with van der Waals surface area (Å²) in [4.78, 5) is 0. The van der Waals surface area contributed by atoms with Gasteiger partial charge >= 0.3 is 0 Å². The van der Waals surface area contributed by atoms with Crippen molar-refractivity contribution in [1.82, 2.24) is 0 Å². The lowest BCUT2D eigenvalue weighted by Gasteiger charge is -1.90. The molecule has 0 aliphatic rings. The summed E-state index contributed by atoms with van der Waals surface area (Å²) >= 11 is 0. The van der Waals surface area contributed by atoms with Gasteiger partial charge in [0.05, 0.1) is 18.2 Å². The molecule has 1 N–H and O–H groups in total. The molecule has 0 fully saturated rings. The fourth-order valence-electron chi connectivity index (χ4n) is 0.518. The fraction of sp³-hybridized carbons (Fsp3) is 0.222. The predicted octanol–water partition coefficient (Wildman–Crippen LogP) is 2.47. The SMILES string of the molecule is C=C/C(=C\C=C(/C)O)CC#N. The average Bonchev–Trinajstić information content (AvgIpc) is 1.97.